The van der Waals surface area contributed by atoms with Gasteiger partial charge in [0.15, 0.2) is 0 Å². The monoisotopic (exact) mass is 226 g/mol. The van der Waals surface area contributed by atoms with E-state index in [1.165, 1.54) is 11.1 Å². The van der Waals surface area contributed by atoms with Crippen molar-refractivity contribution in [2.75, 3.05) is 4.90 Å². The minimum atomic E-state index is 0.0256. The highest BCUT2D eigenvalue weighted by atomic mass is 15.2. The van der Waals surface area contributed by atoms with Crippen LogP contribution in [-0.4, -0.2) is 6.17 Å². The van der Waals surface area contributed by atoms with Gasteiger partial charge < -0.3 is 10.6 Å². The van der Waals surface area contributed by atoms with Crippen molar-refractivity contribution < 1.29 is 0 Å². The summed E-state index contributed by atoms with van der Waals surface area (Å²) in [5, 5.41) is 0. The first-order valence-corrected chi connectivity index (χ1v) is 5.92. The second kappa shape index (κ2) is 5.02. The summed E-state index contributed by atoms with van der Waals surface area (Å²) in [6.07, 6.45) is 8.90. The van der Waals surface area contributed by atoms with Crippen molar-refractivity contribution in [1.29, 1.82) is 0 Å². The van der Waals surface area contributed by atoms with Crippen molar-refractivity contribution in [3.05, 3.63) is 60.8 Å². The summed E-state index contributed by atoms with van der Waals surface area (Å²) in [5.74, 6) is 0. The van der Waals surface area contributed by atoms with Gasteiger partial charge >= 0.3 is 0 Å². The molecule has 2 heteroatoms. The summed E-state index contributed by atoms with van der Waals surface area (Å²) in [6.45, 7) is 5.84. The van der Waals surface area contributed by atoms with Gasteiger partial charge in [-0.05, 0) is 24.1 Å². The van der Waals surface area contributed by atoms with Crippen LogP contribution in [-0.2, 0) is 0 Å². The maximum absolute atomic E-state index is 6.12. The number of anilines is 1. The zero-order valence-electron chi connectivity index (χ0n) is 10.1. The average Bonchev–Trinajstić information content (AvgIpc) is 2.38. The van der Waals surface area contributed by atoms with Crippen molar-refractivity contribution >= 4 is 11.3 Å². The van der Waals surface area contributed by atoms with Gasteiger partial charge in [-0.15, -0.1) is 0 Å². The molecular formula is C15H18N2. The van der Waals surface area contributed by atoms with Crippen LogP contribution < -0.4 is 10.6 Å². The van der Waals surface area contributed by atoms with Crippen LogP contribution in [0.2, 0.25) is 0 Å². The molecule has 0 saturated heterocycles. The Morgan fingerprint density at radius 2 is 2.18 bits per heavy atom. The molecule has 1 unspecified atom stereocenters. The quantitative estimate of drug-likeness (QED) is 0.857. The smallest absolute Gasteiger partial charge is 0.0811 e. The van der Waals surface area contributed by atoms with E-state index in [1.54, 1.807) is 0 Å². The first kappa shape index (κ1) is 11.7. The van der Waals surface area contributed by atoms with Crippen LogP contribution in [0.3, 0.4) is 0 Å². The van der Waals surface area contributed by atoms with Gasteiger partial charge in [0.1, 0.15) is 0 Å². The lowest BCUT2D eigenvalue weighted by Gasteiger charge is -2.32. The fourth-order valence-corrected chi connectivity index (χ4v) is 2.03. The first-order valence-electron chi connectivity index (χ1n) is 5.92. The number of nitrogens with zero attached hydrogens (tertiary/aromatic N) is 1. The molecule has 17 heavy (non-hydrogen) atoms. The average molecular weight is 226 g/mol. The molecule has 2 N–H and O–H groups in total. The number of nitrogens with two attached hydrogens (primary N) is 1. The lowest BCUT2D eigenvalue weighted by atomic mass is 9.99. The van der Waals surface area contributed by atoms with Gasteiger partial charge in [-0.25, -0.2) is 0 Å². The molecule has 0 amide bonds. The van der Waals surface area contributed by atoms with E-state index >= 15 is 0 Å². The molecule has 1 heterocycles. The molecular weight excluding hydrogens is 208 g/mol. The maximum Gasteiger partial charge on any atom is 0.0811 e. The third kappa shape index (κ3) is 2.17. The van der Waals surface area contributed by atoms with Crippen molar-refractivity contribution in [1.82, 2.24) is 0 Å². The Labute approximate surface area is 103 Å². The van der Waals surface area contributed by atoms with Gasteiger partial charge in [-0.2, -0.15) is 0 Å². The Morgan fingerprint density at radius 3 is 2.88 bits per heavy atom. The number of benzene rings is 1. The summed E-state index contributed by atoms with van der Waals surface area (Å²) in [5.41, 5.74) is 9.66. The first-order chi connectivity index (χ1) is 8.27. The lowest BCUT2D eigenvalue weighted by Crippen LogP contribution is -2.39. The highest BCUT2D eigenvalue weighted by Gasteiger charge is 2.18. The number of allylic oxidation sites excluding steroid dienone is 4. The molecule has 0 radical (unpaired) electrons. The molecule has 2 nitrogen and oxygen atoms in total. The van der Waals surface area contributed by atoms with Gasteiger partial charge in [-0.3, -0.25) is 0 Å². The summed E-state index contributed by atoms with van der Waals surface area (Å²) in [7, 11) is 0. The zero-order valence-corrected chi connectivity index (χ0v) is 10.1. The molecule has 0 fully saturated rings. The Morgan fingerprint density at radius 1 is 1.41 bits per heavy atom. The molecule has 88 valence electrons. The zero-order chi connectivity index (χ0) is 12.3. The van der Waals surface area contributed by atoms with Gasteiger partial charge in [-0.1, -0.05) is 43.9 Å². The second-order valence-corrected chi connectivity index (χ2v) is 4.07. The predicted octanol–water partition coefficient (Wildman–Crippen LogP) is 3.28. The van der Waals surface area contributed by atoms with E-state index in [0.717, 1.165) is 12.1 Å². The minimum Gasteiger partial charge on any atom is -0.332 e. The maximum atomic E-state index is 6.12. The van der Waals surface area contributed by atoms with Crippen molar-refractivity contribution in [2.24, 2.45) is 5.73 Å². The SMILES string of the molecule is C=CC=C1C=CN(C(N)CC)c2ccccc21. The van der Waals surface area contributed by atoms with Crippen LogP contribution >= 0.6 is 0 Å². The van der Waals surface area contributed by atoms with Crippen LogP contribution in [0.1, 0.15) is 18.9 Å². The van der Waals surface area contributed by atoms with E-state index in [9.17, 15) is 0 Å². The Balaban J connectivity index is 2.49. The van der Waals surface area contributed by atoms with Gasteiger partial charge in [0.25, 0.3) is 0 Å². The molecule has 1 aromatic rings. The van der Waals surface area contributed by atoms with E-state index < -0.39 is 0 Å². The van der Waals surface area contributed by atoms with E-state index in [0.29, 0.717) is 0 Å². The fraction of sp³-hybridized carbons (Fsp3) is 0.200. The minimum absolute atomic E-state index is 0.0256. The molecule has 0 saturated carbocycles. The highest BCUT2D eigenvalue weighted by Crippen LogP contribution is 2.33. The summed E-state index contributed by atoms with van der Waals surface area (Å²) < 4.78 is 0. The third-order valence-corrected chi connectivity index (χ3v) is 2.98. The molecule has 1 atom stereocenters. The molecule has 1 aliphatic rings. The van der Waals surface area contributed by atoms with Crippen LogP contribution in [0.15, 0.2) is 55.3 Å². The molecule has 2 rings (SSSR count). The standard InChI is InChI=1S/C15H18N2/c1-3-7-12-10-11-17(15(16)4-2)14-9-6-5-8-13(12)14/h3,5-11,15H,1,4,16H2,2H3. The largest absolute Gasteiger partial charge is 0.332 e. The summed E-state index contributed by atoms with van der Waals surface area (Å²) in [6, 6.07) is 8.30. The lowest BCUT2D eigenvalue weighted by molar-refractivity contribution is 0.652. The summed E-state index contributed by atoms with van der Waals surface area (Å²) >= 11 is 0. The molecule has 1 aromatic carbocycles. The fourth-order valence-electron chi connectivity index (χ4n) is 2.03. The van der Waals surface area contributed by atoms with Crippen LogP contribution in [0.5, 0.6) is 0 Å². The van der Waals surface area contributed by atoms with E-state index in [2.05, 4.69) is 36.6 Å². The van der Waals surface area contributed by atoms with Crippen LogP contribution in [0.4, 0.5) is 5.69 Å². The highest BCUT2D eigenvalue weighted by molar-refractivity contribution is 5.86. The third-order valence-electron chi connectivity index (χ3n) is 2.98. The number of para-hydroxylation sites is 1. The normalized spacial score (nSPS) is 18.0. The van der Waals surface area contributed by atoms with Gasteiger partial charge in [0, 0.05) is 17.5 Å². The molecule has 0 bridgehead atoms. The number of rotatable bonds is 3. The Kier molecular flexibility index (Phi) is 3.45. The van der Waals surface area contributed by atoms with Crippen LogP contribution in [0.25, 0.3) is 5.57 Å². The van der Waals surface area contributed by atoms with Crippen molar-refractivity contribution in [3.8, 4) is 0 Å². The molecule has 0 spiro atoms. The van der Waals surface area contributed by atoms with Crippen molar-refractivity contribution in [3.63, 3.8) is 0 Å². The van der Waals surface area contributed by atoms with E-state index in [4.69, 9.17) is 5.73 Å². The predicted molar refractivity (Wildman–Crippen MR) is 74.5 cm³/mol. The number of fused-ring (bicyclic) bond motifs is 1. The molecule has 0 aliphatic carbocycles. The topological polar surface area (TPSA) is 29.3 Å². The Hall–Kier alpha value is -1.80. The van der Waals surface area contributed by atoms with Crippen molar-refractivity contribution in [2.45, 2.75) is 19.5 Å². The van der Waals surface area contributed by atoms with E-state index in [1.807, 2.05) is 30.5 Å². The number of hydrogen-bond acceptors (Lipinski definition) is 2. The van der Waals surface area contributed by atoms with Gasteiger partial charge in [0.05, 0.1) is 6.17 Å². The van der Waals surface area contributed by atoms with E-state index in [-0.39, 0.29) is 6.17 Å². The Bertz CT molecular complexity index is 472. The van der Waals surface area contributed by atoms with Gasteiger partial charge in [0.2, 0.25) is 0 Å². The molecule has 0 aromatic heterocycles. The summed E-state index contributed by atoms with van der Waals surface area (Å²) in [4.78, 5) is 2.12. The second-order valence-electron chi connectivity index (χ2n) is 4.07. The molecule has 1 aliphatic heterocycles. The number of hydrogen-bond donors (Lipinski definition) is 1. The van der Waals surface area contributed by atoms with Crippen LogP contribution in [0, 0.1) is 0 Å².